The Labute approximate surface area is 191 Å². The average molecular weight is 442 g/mol. The molecule has 3 heterocycles. The molecule has 5 rings (SSSR count). The normalized spacial score (nSPS) is 14.9. The first-order valence-corrected chi connectivity index (χ1v) is 11.1. The molecule has 1 amide bonds. The fraction of sp³-hybridized carbons (Fsp3) is 0.231. The van der Waals surface area contributed by atoms with Crippen molar-refractivity contribution in [1.82, 2.24) is 25.2 Å². The van der Waals surface area contributed by atoms with Crippen LogP contribution in [0.4, 0.5) is 4.39 Å². The van der Waals surface area contributed by atoms with E-state index in [1.807, 2.05) is 30.5 Å². The van der Waals surface area contributed by atoms with E-state index >= 15 is 0 Å². The number of aromatic nitrogens is 3. The Kier molecular flexibility index (Phi) is 6.04. The van der Waals surface area contributed by atoms with Gasteiger partial charge in [0, 0.05) is 37.4 Å². The van der Waals surface area contributed by atoms with Crippen LogP contribution in [0.2, 0.25) is 0 Å². The fourth-order valence-electron chi connectivity index (χ4n) is 4.15. The number of pyridine rings is 1. The molecule has 1 aliphatic rings. The molecular formula is C26H24FN5O. The minimum absolute atomic E-state index is 0.124. The molecule has 7 heteroatoms. The number of nitrogens with zero attached hydrogens (tertiary/aromatic N) is 4. The van der Waals surface area contributed by atoms with Crippen LogP contribution in [0.3, 0.4) is 0 Å². The van der Waals surface area contributed by atoms with E-state index in [0.29, 0.717) is 16.8 Å². The van der Waals surface area contributed by atoms with E-state index in [4.69, 9.17) is 4.98 Å². The molecule has 0 atom stereocenters. The zero-order valence-electron chi connectivity index (χ0n) is 18.1. The lowest BCUT2D eigenvalue weighted by Gasteiger charge is -2.32. The fourth-order valence-corrected chi connectivity index (χ4v) is 4.15. The number of benzene rings is 2. The first kappa shape index (κ1) is 21.2. The van der Waals surface area contributed by atoms with Gasteiger partial charge < -0.3 is 5.32 Å². The molecule has 0 spiro atoms. The Bertz CT molecular complexity index is 1270. The number of likely N-dealkylation sites (tertiary alicyclic amines) is 1. The van der Waals surface area contributed by atoms with Crippen LogP contribution in [0, 0.1) is 5.82 Å². The molecule has 0 aliphatic carbocycles. The van der Waals surface area contributed by atoms with E-state index < -0.39 is 0 Å². The van der Waals surface area contributed by atoms with Gasteiger partial charge in [-0.05, 0) is 49.2 Å². The Morgan fingerprint density at radius 1 is 0.970 bits per heavy atom. The number of nitrogens with one attached hydrogen (secondary N) is 1. The highest BCUT2D eigenvalue weighted by atomic mass is 19.1. The molecule has 2 aromatic carbocycles. The predicted molar refractivity (Wildman–Crippen MR) is 125 cm³/mol. The van der Waals surface area contributed by atoms with Crippen LogP contribution in [0.1, 0.15) is 28.9 Å². The maximum absolute atomic E-state index is 13.4. The average Bonchev–Trinajstić information content (AvgIpc) is 2.85. The number of hydrogen-bond acceptors (Lipinski definition) is 5. The minimum Gasteiger partial charge on any atom is -0.349 e. The topological polar surface area (TPSA) is 71.0 Å². The zero-order valence-corrected chi connectivity index (χ0v) is 18.1. The zero-order chi connectivity index (χ0) is 22.6. The first-order valence-electron chi connectivity index (χ1n) is 11.1. The van der Waals surface area contributed by atoms with Gasteiger partial charge in [-0.1, -0.05) is 24.3 Å². The largest absolute Gasteiger partial charge is 0.349 e. The summed E-state index contributed by atoms with van der Waals surface area (Å²) in [6.45, 7) is 2.52. The number of halogens is 1. The van der Waals surface area contributed by atoms with Gasteiger partial charge in [0.2, 0.25) is 0 Å². The number of piperidine rings is 1. The summed E-state index contributed by atoms with van der Waals surface area (Å²) in [4.78, 5) is 28.6. The van der Waals surface area contributed by atoms with Crippen molar-refractivity contribution in [3.63, 3.8) is 0 Å². The van der Waals surface area contributed by atoms with Crippen LogP contribution in [-0.4, -0.2) is 44.9 Å². The lowest BCUT2D eigenvalue weighted by Crippen LogP contribution is -2.44. The molecule has 6 nitrogen and oxygen atoms in total. The minimum atomic E-state index is -0.310. The van der Waals surface area contributed by atoms with Crippen LogP contribution in [-0.2, 0) is 6.54 Å². The smallest absolute Gasteiger partial charge is 0.253 e. The molecule has 1 saturated heterocycles. The van der Waals surface area contributed by atoms with E-state index in [2.05, 4.69) is 20.2 Å². The highest BCUT2D eigenvalue weighted by Gasteiger charge is 2.22. The third-order valence-electron chi connectivity index (χ3n) is 5.95. The molecule has 2 aromatic heterocycles. The van der Waals surface area contributed by atoms with Crippen molar-refractivity contribution in [2.75, 3.05) is 13.1 Å². The number of carbonyl (C=O) groups excluding carboxylic acids is 1. The molecule has 0 radical (unpaired) electrons. The van der Waals surface area contributed by atoms with Crippen molar-refractivity contribution in [1.29, 1.82) is 0 Å². The van der Waals surface area contributed by atoms with Gasteiger partial charge in [0.25, 0.3) is 5.91 Å². The standard InChI is InChI=1S/C26H24FN5O/c27-20-5-3-4-18(14-20)23-9-8-19(15-28-23)26(33)31-21-10-12-32(13-11-21)17-22-16-29-24-6-1-2-7-25(24)30-22/h1-9,14-16,21H,10-13,17H2,(H,31,33). The number of para-hydroxylation sites is 2. The van der Waals surface area contributed by atoms with Gasteiger partial charge in [-0.15, -0.1) is 0 Å². The SMILES string of the molecule is O=C(NC1CCN(Cc2cnc3ccccc3n2)CC1)c1ccc(-c2cccc(F)c2)nc1. The predicted octanol–water partition coefficient (Wildman–Crippen LogP) is 4.23. The summed E-state index contributed by atoms with van der Waals surface area (Å²) < 4.78 is 13.4. The lowest BCUT2D eigenvalue weighted by atomic mass is 10.0. The Balaban J connectivity index is 1.14. The number of fused-ring (bicyclic) bond motifs is 1. The molecule has 4 aromatic rings. The lowest BCUT2D eigenvalue weighted by molar-refractivity contribution is 0.0908. The van der Waals surface area contributed by atoms with Gasteiger partial charge in [0.05, 0.1) is 34.2 Å². The number of rotatable bonds is 5. The van der Waals surface area contributed by atoms with Gasteiger partial charge in [-0.2, -0.15) is 0 Å². The molecule has 166 valence electrons. The van der Waals surface area contributed by atoms with Crippen molar-refractivity contribution in [2.45, 2.75) is 25.4 Å². The summed E-state index contributed by atoms with van der Waals surface area (Å²) in [6.07, 6.45) is 5.14. The quantitative estimate of drug-likeness (QED) is 0.502. The number of amides is 1. The third-order valence-corrected chi connectivity index (χ3v) is 5.95. The molecule has 33 heavy (non-hydrogen) atoms. The van der Waals surface area contributed by atoms with Crippen molar-refractivity contribution in [3.05, 3.63) is 90.1 Å². The monoisotopic (exact) mass is 441 g/mol. The van der Waals surface area contributed by atoms with Crippen molar-refractivity contribution >= 4 is 16.9 Å². The van der Waals surface area contributed by atoms with Gasteiger partial charge >= 0.3 is 0 Å². The molecular weight excluding hydrogens is 417 g/mol. The van der Waals surface area contributed by atoms with Crippen LogP contribution in [0.15, 0.2) is 73.1 Å². The van der Waals surface area contributed by atoms with Crippen molar-refractivity contribution in [2.24, 2.45) is 0 Å². The molecule has 0 unspecified atom stereocenters. The second kappa shape index (κ2) is 9.42. The van der Waals surface area contributed by atoms with Gasteiger partial charge in [0.1, 0.15) is 5.82 Å². The molecule has 1 N–H and O–H groups in total. The van der Waals surface area contributed by atoms with E-state index in [0.717, 1.165) is 49.2 Å². The highest BCUT2D eigenvalue weighted by molar-refractivity contribution is 5.94. The van der Waals surface area contributed by atoms with Crippen molar-refractivity contribution in [3.8, 4) is 11.3 Å². The van der Waals surface area contributed by atoms with Crippen LogP contribution < -0.4 is 5.32 Å². The first-order chi connectivity index (χ1) is 16.1. The van der Waals surface area contributed by atoms with Crippen LogP contribution in [0.5, 0.6) is 0 Å². The number of carbonyl (C=O) groups is 1. The Morgan fingerprint density at radius 3 is 2.55 bits per heavy atom. The van der Waals surface area contributed by atoms with Gasteiger partial charge in [-0.3, -0.25) is 19.7 Å². The summed E-state index contributed by atoms with van der Waals surface area (Å²) in [5.74, 6) is -0.442. The Morgan fingerprint density at radius 2 is 1.79 bits per heavy atom. The van der Waals surface area contributed by atoms with E-state index in [1.165, 1.54) is 12.1 Å². The van der Waals surface area contributed by atoms with Gasteiger partial charge in [0.15, 0.2) is 0 Å². The maximum atomic E-state index is 13.4. The number of hydrogen-bond donors (Lipinski definition) is 1. The van der Waals surface area contributed by atoms with E-state index in [9.17, 15) is 9.18 Å². The summed E-state index contributed by atoms with van der Waals surface area (Å²) >= 11 is 0. The Hall–Kier alpha value is -3.71. The second-order valence-electron chi connectivity index (χ2n) is 8.32. The van der Waals surface area contributed by atoms with Crippen molar-refractivity contribution < 1.29 is 9.18 Å². The third kappa shape index (κ3) is 5.04. The summed E-state index contributed by atoms with van der Waals surface area (Å²) in [5.41, 5.74) is 4.60. The second-order valence-corrected chi connectivity index (χ2v) is 8.32. The summed E-state index contributed by atoms with van der Waals surface area (Å²) in [5, 5.41) is 3.12. The van der Waals surface area contributed by atoms with Crippen LogP contribution >= 0.6 is 0 Å². The molecule has 1 aliphatic heterocycles. The summed E-state index contributed by atoms with van der Waals surface area (Å²) in [7, 11) is 0. The van der Waals surface area contributed by atoms with E-state index in [-0.39, 0.29) is 17.8 Å². The molecule has 1 fully saturated rings. The highest BCUT2D eigenvalue weighted by Crippen LogP contribution is 2.19. The summed E-state index contributed by atoms with van der Waals surface area (Å²) in [6, 6.07) is 17.7. The van der Waals surface area contributed by atoms with Gasteiger partial charge in [-0.25, -0.2) is 9.37 Å². The molecule has 0 bridgehead atoms. The van der Waals surface area contributed by atoms with E-state index in [1.54, 1.807) is 30.5 Å². The maximum Gasteiger partial charge on any atom is 0.253 e. The van der Waals surface area contributed by atoms with Crippen LogP contribution in [0.25, 0.3) is 22.3 Å². The molecule has 0 saturated carbocycles.